The Bertz CT molecular complexity index is 612. The lowest BCUT2D eigenvalue weighted by molar-refractivity contribution is -0.117. The summed E-state index contributed by atoms with van der Waals surface area (Å²) >= 11 is 12.5. The second kappa shape index (κ2) is 6.86. The number of ketones is 1. The van der Waals surface area contributed by atoms with Crippen LogP contribution in [0.5, 0.6) is 0 Å². The largest absolute Gasteiger partial charge is 0.368 e. The van der Waals surface area contributed by atoms with Crippen LogP contribution in [0.1, 0.15) is 25.7 Å². The SMILES string of the molecule is O=C1CC2CC(CN3CCN(c4cccc(Cl)c4Cl)CC3)CC2C1. The van der Waals surface area contributed by atoms with E-state index in [9.17, 15) is 4.79 Å². The zero-order valence-corrected chi connectivity index (χ0v) is 15.4. The van der Waals surface area contributed by atoms with Crippen molar-refractivity contribution in [3.8, 4) is 0 Å². The van der Waals surface area contributed by atoms with Crippen LogP contribution in [0.2, 0.25) is 10.0 Å². The summed E-state index contributed by atoms with van der Waals surface area (Å²) in [7, 11) is 0. The third-order valence-electron chi connectivity index (χ3n) is 6.08. The fourth-order valence-electron chi connectivity index (χ4n) is 4.93. The van der Waals surface area contributed by atoms with Crippen molar-refractivity contribution in [2.75, 3.05) is 37.6 Å². The molecule has 3 aliphatic rings. The van der Waals surface area contributed by atoms with E-state index >= 15 is 0 Å². The highest BCUT2D eigenvalue weighted by molar-refractivity contribution is 6.43. The molecule has 3 fully saturated rings. The van der Waals surface area contributed by atoms with Crippen LogP contribution >= 0.6 is 23.2 Å². The average molecular weight is 367 g/mol. The molecule has 2 unspecified atom stereocenters. The number of Topliss-reactive ketones (excluding diaryl/α,β-unsaturated/α-hetero) is 1. The smallest absolute Gasteiger partial charge is 0.133 e. The summed E-state index contributed by atoms with van der Waals surface area (Å²) in [6.07, 6.45) is 4.22. The van der Waals surface area contributed by atoms with Gasteiger partial charge >= 0.3 is 0 Å². The number of anilines is 1. The summed E-state index contributed by atoms with van der Waals surface area (Å²) in [5.74, 6) is 2.66. The number of hydrogen-bond donors (Lipinski definition) is 0. The monoisotopic (exact) mass is 366 g/mol. The third kappa shape index (κ3) is 3.31. The summed E-state index contributed by atoms with van der Waals surface area (Å²) < 4.78 is 0. The average Bonchev–Trinajstić information content (AvgIpc) is 3.07. The van der Waals surface area contributed by atoms with Crippen LogP contribution in [-0.4, -0.2) is 43.4 Å². The summed E-state index contributed by atoms with van der Waals surface area (Å²) in [5, 5.41) is 1.30. The molecule has 0 N–H and O–H groups in total. The highest BCUT2D eigenvalue weighted by Gasteiger charge is 2.41. The van der Waals surface area contributed by atoms with E-state index in [0.29, 0.717) is 27.7 Å². The van der Waals surface area contributed by atoms with Crippen LogP contribution in [0.15, 0.2) is 18.2 Å². The van der Waals surface area contributed by atoms with E-state index in [0.717, 1.165) is 50.6 Å². The number of carbonyl (C=O) groups excluding carboxylic acids is 1. The lowest BCUT2D eigenvalue weighted by Crippen LogP contribution is -2.47. The summed E-state index contributed by atoms with van der Waals surface area (Å²) in [4.78, 5) is 16.5. The first-order valence-corrected chi connectivity index (χ1v) is 9.78. The van der Waals surface area contributed by atoms with Crippen molar-refractivity contribution in [2.45, 2.75) is 25.7 Å². The number of nitrogens with zero attached hydrogens (tertiary/aromatic N) is 2. The minimum absolute atomic E-state index is 0.496. The van der Waals surface area contributed by atoms with E-state index in [4.69, 9.17) is 23.2 Å². The van der Waals surface area contributed by atoms with E-state index < -0.39 is 0 Å². The second-order valence-corrected chi connectivity index (χ2v) is 8.45. The molecule has 130 valence electrons. The van der Waals surface area contributed by atoms with Crippen LogP contribution in [0.3, 0.4) is 0 Å². The van der Waals surface area contributed by atoms with Crippen LogP contribution in [0.4, 0.5) is 5.69 Å². The third-order valence-corrected chi connectivity index (χ3v) is 6.89. The Morgan fingerprint density at radius 2 is 1.67 bits per heavy atom. The minimum atomic E-state index is 0.496. The molecule has 0 amide bonds. The number of piperazine rings is 1. The molecule has 1 aromatic carbocycles. The number of fused-ring (bicyclic) bond motifs is 1. The first kappa shape index (κ1) is 16.7. The Hall–Kier alpha value is -0.770. The van der Waals surface area contributed by atoms with Gasteiger partial charge in [0.25, 0.3) is 0 Å². The van der Waals surface area contributed by atoms with Gasteiger partial charge in [-0.1, -0.05) is 29.3 Å². The maximum atomic E-state index is 11.5. The Labute approximate surface area is 153 Å². The van der Waals surface area contributed by atoms with Crippen LogP contribution in [-0.2, 0) is 4.79 Å². The topological polar surface area (TPSA) is 23.6 Å². The number of halogens is 2. The van der Waals surface area contributed by atoms with Crippen LogP contribution in [0, 0.1) is 17.8 Å². The Morgan fingerprint density at radius 3 is 2.33 bits per heavy atom. The van der Waals surface area contributed by atoms with Crippen molar-refractivity contribution < 1.29 is 4.79 Å². The summed E-state index contributed by atoms with van der Waals surface area (Å²) in [6, 6.07) is 5.86. The standard InChI is InChI=1S/C19H24Cl2N2O/c20-17-2-1-3-18(19(17)21)23-6-4-22(5-7-23)12-13-8-14-10-16(24)11-15(14)9-13/h1-3,13-15H,4-12H2. The van der Waals surface area contributed by atoms with Gasteiger partial charge in [-0.3, -0.25) is 9.69 Å². The van der Waals surface area contributed by atoms with Gasteiger partial charge in [0, 0.05) is 45.6 Å². The van der Waals surface area contributed by atoms with Crippen LogP contribution in [0.25, 0.3) is 0 Å². The summed E-state index contributed by atoms with van der Waals surface area (Å²) in [5.41, 5.74) is 1.05. The van der Waals surface area contributed by atoms with Gasteiger partial charge in [0.05, 0.1) is 15.7 Å². The molecule has 24 heavy (non-hydrogen) atoms. The predicted molar refractivity (Wildman–Crippen MR) is 99.1 cm³/mol. The second-order valence-electron chi connectivity index (χ2n) is 7.67. The fraction of sp³-hybridized carbons (Fsp3) is 0.632. The molecular weight excluding hydrogens is 343 g/mol. The van der Waals surface area contributed by atoms with Gasteiger partial charge in [-0.2, -0.15) is 0 Å². The zero-order chi connectivity index (χ0) is 16.7. The van der Waals surface area contributed by atoms with Gasteiger partial charge in [-0.25, -0.2) is 0 Å². The Morgan fingerprint density at radius 1 is 1.00 bits per heavy atom. The predicted octanol–water partition coefficient (Wildman–Crippen LogP) is 4.12. The van der Waals surface area contributed by atoms with Crippen molar-refractivity contribution in [1.29, 1.82) is 0 Å². The van der Waals surface area contributed by atoms with Gasteiger partial charge < -0.3 is 4.90 Å². The fourth-order valence-corrected chi connectivity index (χ4v) is 5.34. The molecule has 2 atom stereocenters. The molecule has 4 rings (SSSR count). The zero-order valence-electron chi connectivity index (χ0n) is 13.9. The van der Waals surface area contributed by atoms with Gasteiger partial charge in [0.1, 0.15) is 5.78 Å². The highest BCUT2D eigenvalue weighted by Crippen LogP contribution is 2.45. The molecule has 1 saturated heterocycles. The summed E-state index contributed by atoms with van der Waals surface area (Å²) in [6.45, 7) is 5.34. The molecule has 1 heterocycles. The molecule has 3 nitrogen and oxygen atoms in total. The number of carbonyl (C=O) groups is 1. The van der Waals surface area contributed by atoms with Gasteiger partial charge in [0.15, 0.2) is 0 Å². The van der Waals surface area contributed by atoms with Crippen molar-refractivity contribution >= 4 is 34.7 Å². The van der Waals surface area contributed by atoms with Crippen molar-refractivity contribution in [2.24, 2.45) is 17.8 Å². The first-order valence-electron chi connectivity index (χ1n) is 9.03. The van der Waals surface area contributed by atoms with Crippen LogP contribution < -0.4 is 4.90 Å². The van der Waals surface area contributed by atoms with Crippen molar-refractivity contribution in [1.82, 2.24) is 4.90 Å². The Kier molecular flexibility index (Phi) is 4.77. The van der Waals surface area contributed by atoms with Crippen molar-refractivity contribution in [3.63, 3.8) is 0 Å². The number of hydrogen-bond acceptors (Lipinski definition) is 3. The highest BCUT2D eigenvalue weighted by atomic mass is 35.5. The molecule has 2 aliphatic carbocycles. The maximum Gasteiger partial charge on any atom is 0.133 e. The molecule has 0 radical (unpaired) electrons. The van der Waals surface area contributed by atoms with Gasteiger partial charge in [0.2, 0.25) is 0 Å². The lowest BCUT2D eigenvalue weighted by atomic mass is 10.0. The molecule has 1 aromatic rings. The maximum absolute atomic E-state index is 11.5. The molecule has 0 spiro atoms. The molecule has 0 bridgehead atoms. The van der Waals surface area contributed by atoms with E-state index in [1.54, 1.807) is 0 Å². The molecular formula is C19H24Cl2N2O. The van der Waals surface area contributed by atoms with E-state index in [-0.39, 0.29) is 0 Å². The first-order chi connectivity index (χ1) is 11.6. The normalized spacial score (nSPS) is 30.8. The minimum Gasteiger partial charge on any atom is -0.368 e. The molecule has 2 saturated carbocycles. The van der Waals surface area contributed by atoms with Crippen molar-refractivity contribution in [3.05, 3.63) is 28.2 Å². The molecule has 1 aliphatic heterocycles. The number of rotatable bonds is 3. The van der Waals surface area contributed by atoms with E-state index in [1.165, 1.54) is 19.4 Å². The molecule has 0 aromatic heterocycles. The van der Waals surface area contributed by atoms with E-state index in [2.05, 4.69) is 15.9 Å². The van der Waals surface area contributed by atoms with Gasteiger partial charge in [-0.15, -0.1) is 0 Å². The lowest BCUT2D eigenvalue weighted by Gasteiger charge is -2.37. The van der Waals surface area contributed by atoms with E-state index in [1.807, 2.05) is 12.1 Å². The number of benzene rings is 1. The quantitative estimate of drug-likeness (QED) is 0.803. The molecule has 5 heteroatoms. The van der Waals surface area contributed by atoms with Gasteiger partial charge in [-0.05, 0) is 42.7 Å². The Balaban J connectivity index is 1.29.